The molecule has 1 aromatic rings. The van der Waals surface area contributed by atoms with Gasteiger partial charge >= 0.3 is 0 Å². The van der Waals surface area contributed by atoms with Gasteiger partial charge in [-0.15, -0.1) is 0 Å². The van der Waals surface area contributed by atoms with Crippen LogP contribution in [0.2, 0.25) is 0 Å². The molecule has 1 saturated carbocycles. The van der Waals surface area contributed by atoms with E-state index in [0.29, 0.717) is 5.92 Å². The molecule has 0 spiro atoms. The maximum Gasteiger partial charge on any atom is 0.200 e. The van der Waals surface area contributed by atoms with Crippen LogP contribution in [0.1, 0.15) is 18.4 Å². The summed E-state index contributed by atoms with van der Waals surface area (Å²) < 4.78 is 66.3. The molecule has 2 nitrogen and oxygen atoms in total. The maximum absolute atomic E-state index is 13.6. The van der Waals surface area contributed by atoms with E-state index >= 15 is 0 Å². The fraction of sp³-hybridized carbons (Fsp3) is 0.538. The normalized spacial score (nSPS) is 16.8. The quantitative estimate of drug-likeness (QED) is 0.514. The smallest absolute Gasteiger partial charge is 0.200 e. The van der Waals surface area contributed by atoms with Crippen LogP contribution in [-0.4, -0.2) is 24.5 Å². The van der Waals surface area contributed by atoms with E-state index < -0.39 is 34.6 Å². The monoisotopic (exact) mass is 294 g/mol. The van der Waals surface area contributed by atoms with Crippen molar-refractivity contribution in [3.8, 4) is 0 Å². The highest BCUT2D eigenvalue weighted by Gasteiger charge is 2.34. The number of hydrogen-bond acceptors (Lipinski definition) is 2. The lowest BCUT2D eigenvalue weighted by atomic mass is 10.1. The summed E-state index contributed by atoms with van der Waals surface area (Å²) >= 11 is 0. The highest BCUT2D eigenvalue weighted by molar-refractivity contribution is 5.24. The zero-order chi connectivity index (χ0) is 15.0. The molecule has 0 saturated heterocycles. The van der Waals surface area contributed by atoms with Crippen molar-refractivity contribution in [3.05, 3.63) is 34.6 Å². The Kier molecular flexibility index (Phi) is 4.29. The molecule has 112 valence electrons. The Morgan fingerprint density at radius 1 is 1.00 bits per heavy atom. The summed E-state index contributed by atoms with van der Waals surface area (Å²) in [4.78, 5) is 1.54. The van der Waals surface area contributed by atoms with E-state index in [-0.39, 0.29) is 19.1 Å². The molecule has 0 amide bonds. The molecule has 0 bridgehead atoms. The zero-order valence-corrected chi connectivity index (χ0v) is 10.9. The predicted octanol–water partition coefficient (Wildman–Crippen LogP) is 2.55. The van der Waals surface area contributed by atoms with Crippen molar-refractivity contribution in [2.75, 3.05) is 13.6 Å². The van der Waals surface area contributed by atoms with Gasteiger partial charge in [-0.1, -0.05) is 0 Å². The average Bonchev–Trinajstić information content (AvgIpc) is 3.24. The SMILES string of the molecule is CN(Cc1c(F)c(F)c(F)c(F)c1F)C(CN)C1CC1. The van der Waals surface area contributed by atoms with Gasteiger partial charge in [-0.05, 0) is 25.8 Å². The van der Waals surface area contributed by atoms with Gasteiger partial charge in [-0.2, -0.15) is 0 Å². The lowest BCUT2D eigenvalue weighted by molar-refractivity contribution is 0.207. The van der Waals surface area contributed by atoms with Crippen LogP contribution >= 0.6 is 0 Å². The first-order valence-corrected chi connectivity index (χ1v) is 6.29. The van der Waals surface area contributed by atoms with Crippen molar-refractivity contribution in [1.29, 1.82) is 0 Å². The van der Waals surface area contributed by atoms with Crippen LogP contribution in [0.25, 0.3) is 0 Å². The minimum atomic E-state index is -2.14. The lowest BCUT2D eigenvalue weighted by Gasteiger charge is -2.27. The van der Waals surface area contributed by atoms with Crippen LogP contribution in [0.3, 0.4) is 0 Å². The first-order chi connectivity index (χ1) is 9.38. The van der Waals surface area contributed by atoms with Gasteiger partial charge in [0, 0.05) is 24.7 Å². The first-order valence-electron chi connectivity index (χ1n) is 6.29. The number of nitrogens with zero attached hydrogens (tertiary/aromatic N) is 1. The molecule has 2 rings (SSSR count). The van der Waals surface area contributed by atoms with Gasteiger partial charge in [-0.25, -0.2) is 22.0 Å². The van der Waals surface area contributed by atoms with Gasteiger partial charge in [0.05, 0.1) is 0 Å². The summed E-state index contributed by atoms with van der Waals surface area (Å²) in [5, 5.41) is 0. The Morgan fingerprint density at radius 2 is 1.45 bits per heavy atom. The Hall–Kier alpha value is -1.21. The fourth-order valence-electron chi connectivity index (χ4n) is 2.37. The summed E-state index contributed by atoms with van der Waals surface area (Å²) in [5.41, 5.74) is 4.77. The fourth-order valence-corrected chi connectivity index (χ4v) is 2.37. The van der Waals surface area contributed by atoms with Gasteiger partial charge < -0.3 is 5.73 Å². The minimum Gasteiger partial charge on any atom is -0.329 e. The van der Waals surface area contributed by atoms with Crippen LogP contribution in [0.4, 0.5) is 22.0 Å². The van der Waals surface area contributed by atoms with E-state index in [1.165, 1.54) is 4.90 Å². The van der Waals surface area contributed by atoms with Crippen molar-refractivity contribution in [1.82, 2.24) is 4.90 Å². The number of nitrogens with two attached hydrogens (primary N) is 1. The summed E-state index contributed by atoms with van der Waals surface area (Å²) in [7, 11) is 1.56. The molecule has 2 N–H and O–H groups in total. The van der Waals surface area contributed by atoms with Gasteiger partial charge in [0.2, 0.25) is 5.82 Å². The van der Waals surface area contributed by atoms with Crippen molar-refractivity contribution in [2.24, 2.45) is 11.7 Å². The van der Waals surface area contributed by atoms with Gasteiger partial charge in [-0.3, -0.25) is 4.90 Å². The van der Waals surface area contributed by atoms with E-state index in [2.05, 4.69) is 0 Å². The van der Waals surface area contributed by atoms with Crippen molar-refractivity contribution in [3.63, 3.8) is 0 Å². The largest absolute Gasteiger partial charge is 0.329 e. The van der Waals surface area contributed by atoms with Crippen LogP contribution in [0.15, 0.2) is 0 Å². The standard InChI is InChI=1S/C13H15F5N2/c1-20(8(4-19)6-2-3-6)5-7-9(14)11(16)13(18)12(17)10(7)15/h6,8H,2-5,19H2,1H3. The van der Waals surface area contributed by atoms with E-state index in [4.69, 9.17) is 5.73 Å². The third-order valence-electron chi connectivity index (χ3n) is 3.68. The van der Waals surface area contributed by atoms with Gasteiger partial charge in [0.25, 0.3) is 0 Å². The van der Waals surface area contributed by atoms with E-state index in [1.54, 1.807) is 7.05 Å². The summed E-state index contributed by atoms with van der Waals surface area (Å²) in [6.07, 6.45) is 1.92. The van der Waals surface area contributed by atoms with Crippen molar-refractivity contribution < 1.29 is 22.0 Å². The van der Waals surface area contributed by atoms with E-state index in [9.17, 15) is 22.0 Å². The van der Waals surface area contributed by atoms with Crippen LogP contribution in [-0.2, 0) is 6.54 Å². The highest BCUT2D eigenvalue weighted by Crippen LogP contribution is 2.35. The Bertz CT molecular complexity index is 487. The van der Waals surface area contributed by atoms with Gasteiger partial charge in [0.1, 0.15) is 0 Å². The van der Waals surface area contributed by atoms with Crippen LogP contribution in [0, 0.1) is 35.0 Å². The number of halogens is 5. The van der Waals surface area contributed by atoms with Crippen molar-refractivity contribution >= 4 is 0 Å². The summed E-state index contributed by atoms with van der Waals surface area (Å²) in [5.74, 6) is -9.19. The number of benzene rings is 1. The molecule has 1 aromatic carbocycles. The van der Waals surface area contributed by atoms with Crippen LogP contribution in [0.5, 0.6) is 0 Å². The Morgan fingerprint density at radius 3 is 1.85 bits per heavy atom. The summed E-state index contributed by atoms with van der Waals surface area (Å²) in [6, 6.07) is -0.120. The Labute approximate surface area is 113 Å². The van der Waals surface area contributed by atoms with Crippen LogP contribution < -0.4 is 5.73 Å². The second-order valence-electron chi connectivity index (χ2n) is 5.10. The molecule has 0 radical (unpaired) electrons. The molecule has 1 aliphatic rings. The minimum absolute atomic E-state index is 0.120. The molecule has 1 unspecified atom stereocenters. The third kappa shape index (κ3) is 2.64. The molecule has 7 heteroatoms. The maximum atomic E-state index is 13.6. The molecule has 0 heterocycles. The van der Waals surface area contributed by atoms with E-state index in [0.717, 1.165) is 12.8 Å². The highest BCUT2D eigenvalue weighted by atomic mass is 19.2. The van der Waals surface area contributed by atoms with Crippen molar-refractivity contribution in [2.45, 2.75) is 25.4 Å². The molecule has 1 atom stereocenters. The third-order valence-corrected chi connectivity index (χ3v) is 3.68. The summed E-state index contributed by atoms with van der Waals surface area (Å²) in [6.45, 7) is -0.0965. The number of likely N-dealkylation sites (N-methyl/N-ethyl adjacent to an activating group) is 1. The molecule has 1 fully saturated rings. The number of rotatable bonds is 5. The molecule has 0 aromatic heterocycles. The van der Waals surface area contributed by atoms with E-state index in [1.807, 2.05) is 0 Å². The molecule has 20 heavy (non-hydrogen) atoms. The Balaban J connectivity index is 2.29. The predicted molar refractivity (Wildman–Crippen MR) is 63.3 cm³/mol. The average molecular weight is 294 g/mol. The second kappa shape index (κ2) is 5.65. The molecule has 0 aliphatic heterocycles. The second-order valence-corrected chi connectivity index (χ2v) is 5.10. The molecular weight excluding hydrogens is 279 g/mol. The lowest BCUT2D eigenvalue weighted by Crippen LogP contribution is -2.39. The molecular formula is C13H15F5N2. The number of hydrogen-bond donors (Lipinski definition) is 1. The topological polar surface area (TPSA) is 29.3 Å². The molecule has 1 aliphatic carbocycles. The zero-order valence-electron chi connectivity index (χ0n) is 10.9. The first kappa shape index (κ1) is 15.2. The van der Waals surface area contributed by atoms with Gasteiger partial charge in [0.15, 0.2) is 23.3 Å².